The molecule has 0 saturated heterocycles. The largest absolute Gasteiger partial charge is 0.573 e. The summed E-state index contributed by atoms with van der Waals surface area (Å²) in [6, 6.07) is 5.88. The molecule has 1 heterocycles. The molecule has 2 aromatic rings. The molecule has 29 heavy (non-hydrogen) atoms. The SMILES string of the molecule is CN(C)C1CCC(n2cc(C(N)=O)c(Nc3ccc(OC(F)(F)F)cc3)n2)CC1. The number of carbonyl (C=O) groups is 1. The van der Waals surface area contributed by atoms with E-state index in [1.807, 2.05) is 0 Å². The number of primary amides is 1. The fourth-order valence-electron chi connectivity index (χ4n) is 3.57. The number of nitrogens with two attached hydrogens (primary N) is 1. The van der Waals surface area contributed by atoms with Crippen LogP contribution < -0.4 is 15.8 Å². The van der Waals surface area contributed by atoms with Gasteiger partial charge in [-0.05, 0) is 64.0 Å². The Kier molecular flexibility index (Phi) is 6.02. The van der Waals surface area contributed by atoms with Gasteiger partial charge in [0.1, 0.15) is 11.3 Å². The average Bonchev–Trinajstić information content (AvgIpc) is 3.06. The van der Waals surface area contributed by atoms with Crippen molar-refractivity contribution >= 4 is 17.4 Å². The third-order valence-electron chi connectivity index (χ3n) is 5.12. The van der Waals surface area contributed by atoms with E-state index in [1.54, 1.807) is 10.9 Å². The molecule has 0 bridgehead atoms. The van der Waals surface area contributed by atoms with Crippen molar-refractivity contribution < 1.29 is 22.7 Å². The van der Waals surface area contributed by atoms with Gasteiger partial charge in [0.2, 0.25) is 0 Å². The first-order valence-electron chi connectivity index (χ1n) is 9.30. The first kappa shape index (κ1) is 21.0. The van der Waals surface area contributed by atoms with Gasteiger partial charge in [-0.15, -0.1) is 13.2 Å². The van der Waals surface area contributed by atoms with Gasteiger partial charge in [0.15, 0.2) is 5.82 Å². The molecule has 1 aliphatic carbocycles. The molecule has 1 amide bonds. The monoisotopic (exact) mass is 411 g/mol. The van der Waals surface area contributed by atoms with Crippen LogP contribution in [0.1, 0.15) is 42.1 Å². The van der Waals surface area contributed by atoms with E-state index in [9.17, 15) is 18.0 Å². The molecule has 1 aliphatic rings. The number of hydrogen-bond donors (Lipinski definition) is 2. The highest BCUT2D eigenvalue weighted by molar-refractivity contribution is 5.98. The number of hydrogen-bond acceptors (Lipinski definition) is 5. The van der Waals surface area contributed by atoms with E-state index in [2.05, 4.69) is 34.1 Å². The molecule has 0 radical (unpaired) electrons. The van der Waals surface area contributed by atoms with Crippen molar-refractivity contribution in [2.24, 2.45) is 5.73 Å². The highest BCUT2D eigenvalue weighted by Crippen LogP contribution is 2.32. The van der Waals surface area contributed by atoms with E-state index >= 15 is 0 Å². The predicted octanol–water partition coefficient (Wildman–Crippen LogP) is 3.67. The predicted molar refractivity (Wildman–Crippen MR) is 102 cm³/mol. The van der Waals surface area contributed by atoms with Crippen LogP contribution in [0.2, 0.25) is 0 Å². The first-order valence-corrected chi connectivity index (χ1v) is 9.30. The van der Waals surface area contributed by atoms with Gasteiger partial charge in [-0.2, -0.15) is 5.10 Å². The van der Waals surface area contributed by atoms with Crippen LogP contribution in [0.15, 0.2) is 30.5 Å². The van der Waals surface area contributed by atoms with Crippen molar-refractivity contribution in [3.8, 4) is 5.75 Å². The van der Waals surface area contributed by atoms with Gasteiger partial charge < -0.3 is 20.7 Å². The number of amides is 1. The Hall–Kier alpha value is -2.75. The minimum Gasteiger partial charge on any atom is -0.406 e. The normalized spacial score (nSPS) is 19.9. The standard InChI is InChI=1S/C19H24F3N5O2/c1-26(2)13-5-7-14(8-6-13)27-11-16(17(23)28)18(25-27)24-12-3-9-15(10-4-12)29-19(20,21)22/h3-4,9-11,13-14H,5-8H2,1-2H3,(H2,23,28)(H,24,25). The van der Waals surface area contributed by atoms with Crippen molar-refractivity contribution in [1.82, 2.24) is 14.7 Å². The van der Waals surface area contributed by atoms with Crippen molar-refractivity contribution in [3.63, 3.8) is 0 Å². The fourth-order valence-corrected chi connectivity index (χ4v) is 3.57. The molecular formula is C19H24F3N5O2. The average molecular weight is 411 g/mol. The molecule has 0 aliphatic heterocycles. The summed E-state index contributed by atoms with van der Waals surface area (Å²) in [6.07, 6.45) is 0.821. The number of anilines is 2. The van der Waals surface area contributed by atoms with Crippen molar-refractivity contribution in [3.05, 3.63) is 36.0 Å². The van der Waals surface area contributed by atoms with Crippen LogP contribution in [0.3, 0.4) is 0 Å². The highest BCUT2D eigenvalue weighted by Gasteiger charge is 2.31. The Balaban J connectivity index is 1.73. The number of rotatable bonds is 6. The Morgan fingerprint density at radius 2 is 1.83 bits per heavy atom. The van der Waals surface area contributed by atoms with Gasteiger partial charge in [0, 0.05) is 17.9 Å². The third-order valence-corrected chi connectivity index (χ3v) is 5.12. The maximum Gasteiger partial charge on any atom is 0.573 e. The second kappa shape index (κ2) is 8.32. The summed E-state index contributed by atoms with van der Waals surface area (Å²) in [4.78, 5) is 14.1. The summed E-state index contributed by atoms with van der Waals surface area (Å²) in [5, 5.41) is 7.43. The van der Waals surface area contributed by atoms with Crippen LogP contribution >= 0.6 is 0 Å². The van der Waals surface area contributed by atoms with E-state index in [1.165, 1.54) is 24.3 Å². The molecule has 7 nitrogen and oxygen atoms in total. The molecule has 1 fully saturated rings. The zero-order valence-corrected chi connectivity index (χ0v) is 16.2. The lowest BCUT2D eigenvalue weighted by atomic mass is 9.91. The Morgan fingerprint density at radius 3 is 2.34 bits per heavy atom. The number of nitrogens with one attached hydrogen (secondary N) is 1. The zero-order valence-electron chi connectivity index (χ0n) is 16.2. The number of carbonyl (C=O) groups excluding carboxylic acids is 1. The summed E-state index contributed by atoms with van der Waals surface area (Å²) in [6.45, 7) is 0. The molecule has 1 aromatic carbocycles. The lowest BCUT2D eigenvalue weighted by Crippen LogP contribution is -2.32. The van der Waals surface area contributed by atoms with Crippen molar-refractivity contribution in [2.45, 2.75) is 44.1 Å². The highest BCUT2D eigenvalue weighted by atomic mass is 19.4. The van der Waals surface area contributed by atoms with Crippen LogP contribution in [0.4, 0.5) is 24.7 Å². The van der Waals surface area contributed by atoms with E-state index in [0.717, 1.165) is 25.7 Å². The second-order valence-corrected chi connectivity index (χ2v) is 7.36. The lowest BCUT2D eigenvalue weighted by molar-refractivity contribution is -0.274. The second-order valence-electron chi connectivity index (χ2n) is 7.36. The van der Waals surface area contributed by atoms with Crippen molar-refractivity contribution in [1.29, 1.82) is 0 Å². The van der Waals surface area contributed by atoms with Crippen LogP contribution in [0.5, 0.6) is 5.75 Å². The molecule has 158 valence electrons. The smallest absolute Gasteiger partial charge is 0.406 e. The topological polar surface area (TPSA) is 85.4 Å². The number of alkyl halides is 3. The van der Waals surface area contributed by atoms with Gasteiger partial charge in [-0.25, -0.2) is 0 Å². The molecule has 0 spiro atoms. The Labute approximate surface area is 166 Å². The van der Waals surface area contributed by atoms with E-state index < -0.39 is 12.3 Å². The first-order chi connectivity index (χ1) is 13.6. The number of halogens is 3. The molecule has 3 N–H and O–H groups in total. The lowest BCUT2D eigenvalue weighted by Gasteiger charge is -2.32. The van der Waals surface area contributed by atoms with Gasteiger partial charge in [-0.1, -0.05) is 0 Å². The molecule has 1 saturated carbocycles. The quantitative estimate of drug-likeness (QED) is 0.758. The van der Waals surface area contributed by atoms with Gasteiger partial charge >= 0.3 is 6.36 Å². The molecule has 1 aromatic heterocycles. The maximum absolute atomic E-state index is 12.3. The summed E-state index contributed by atoms with van der Waals surface area (Å²) < 4.78 is 42.4. The van der Waals surface area contributed by atoms with Crippen LogP contribution in [0.25, 0.3) is 0 Å². The van der Waals surface area contributed by atoms with Crippen LogP contribution in [-0.2, 0) is 0 Å². The maximum atomic E-state index is 12.3. The molecule has 10 heteroatoms. The molecular weight excluding hydrogens is 387 g/mol. The van der Waals surface area contributed by atoms with Crippen molar-refractivity contribution in [2.75, 3.05) is 19.4 Å². The van der Waals surface area contributed by atoms with E-state index in [4.69, 9.17) is 5.73 Å². The van der Waals surface area contributed by atoms with Gasteiger partial charge in [-0.3, -0.25) is 9.48 Å². The molecule has 0 atom stereocenters. The Morgan fingerprint density at radius 1 is 1.21 bits per heavy atom. The Bertz CT molecular complexity index is 841. The number of aromatic nitrogens is 2. The van der Waals surface area contributed by atoms with Gasteiger partial charge in [0.05, 0.1) is 6.04 Å². The number of benzene rings is 1. The van der Waals surface area contributed by atoms with E-state index in [-0.39, 0.29) is 23.2 Å². The summed E-state index contributed by atoms with van der Waals surface area (Å²) in [5.41, 5.74) is 6.18. The summed E-state index contributed by atoms with van der Waals surface area (Å²) in [5.74, 6) is -0.684. The fraction of sp³-hybridized carbons (Fsp3) is 0.474. The van der Waals surface area contributed by atoms with Gasteiger partial charge in [0.25, 0.3) is 5.91 Å². The summed E-state index contributed by atoms with van der Waals surface area (Å²) >= 11 is 0. The third kappa shape index (κ3) is 5.41. The summed E-state index contributed by atoms with van der Waals surface area (Å²) in [7, 11) is 4.13. The minimum atomic E-state index is -4.75. The molecule has 3 rings (SSSR count). The van der Waals surface area contributed by atoms with E-state index in [0.29, 0.717) is 11.7 Å². The van der Waals surface area contributed by atoms with Crippen LogP contribution in [-0.4, -0.2) is 47.1 Å². The zero-order chi connectivity index (χ0) is 21.2. The van der Waals surface area contributed by atoms with Crippen LogP contribution in [0, 0.1) is 0 Å². The molecule has 0 unspecified atom stereocenters. The number of nitrogens with zero attached hydrogens (tertiary/aromatic N) is 3. The number of ether oxygens (including phenoxy) is 1. The minimum absolute atomic E-state index is 0.169.